The zero-order valence-corrected chi connectivity index (χ0v) is 10.3. The van der Waals surface area contributed by atoms with Gasteiger partial charge in [0.25, 0.3) is 5.91 Å². The Morgan fingerprint density at radius 3 is 3.00 bits per heavy atom. The van der Waals surface area contributed by atoms with Gasteiger partial charge < -0.3 is 19.8 Å². The maximum Gasteiger partial charge on any atom is 0.257 e. The van der Waals surface area contributed by atoms with E-state index in [1.54, 1.807) is 17.9 Å². The summed E-state index contributed by atoms with van der Waals surface area (Å²) in [5, 5.41) is 0. The number of ether oxygens (including phenoxy) is 1. The Hall–Kier alpha value is -1.40. The zero-order chi connectivity index (χ0) is 12.4. The Balaban J connectivity index is 2.10. The summed E-state index contributed by atoms with van der Waals surface area (Å²) >= 11 is 4.88. The molecule has 17 heavy (non-hydrogen) atoms. The van der Waals surface area contributed by atoms with Gasteiger partial charge in [-0.05, 0) is 13.0 Å². The molecule has 0 aromatic carbocycles. The second-order valence-electron chi connectivity index (χ2n) is 3.90. The van der Waals surface area contributed by atoms with Gasteiger partial charge in [-0.15, -0.1) is 0 Å². The van der Waals surface area contributed by atoms with E-state index in [4.69, 9.17) is 27.1 Å². The minimum absolute atomic E-state index is 0.0687. The topological polar surface area (TPSA) is 68.7 Å². The van der Waals surface area contributed by atoms with Gasteiger partial charge in [-0.2, -0.15) is 0 Å². The molecule has 0 saturated carbocycles. The quantitative estimate of drug-likeness (QED) is 0.787. The first-order valence-electron chi connectivity index (χ1n) is 5.34. The fourth-order valence-corrected chi connectivity index (χ4v) is 1.93. The second kappa shape index (κ2) is 4.85. The van der Waals surface area contributed by atoms with Crippen LogP contribution < -0.4 is 5.73 Å². The molecule has 2 rings (SSSR count). The summed E-state index contributed by atoms with van der Waals surface area (Å²) in [7, 11) is 0. The minimum Gasteiger partial charge on any atom is -0.469 e. The van der Waals surface area contributed by atoms with Crippen LogP contribution in [0.4, 0.5) is 0 Å². The summed E-state index contributed by atoms with van der Waals surface area (Å²) in [6.45, 7) is 3.16. The van der Waals surface area contributed by atoms with E-state index >= 15 is 0 Å². The Morgan fingerprint density at radius 2 is 2.41 bits per heavy atom. The average molecular weight is 254 g/mol. The molecule has 1 atom stereocenters. The Bertz CT molecular complexity index is 444. The van der Waals surface area contributed by atoms with Crippen molar-refractivity contribution in [2.75, 3.05) is 19.7 Å². The molecule has 1 aliphatic heterocycles. The van der Waals surface area contributed by atoms with Crippen LogP contribution in [0.5, 0.6) is 0 Å². The van der Waals surface area contributed by atoms with Crippen LogP contribution in [-0.4, -0.2) is 41.6 Å². The summed E-state index contributed by atoms with van der Waals surface area (Å²) in [5.41, 5.74) is 6.11. The molecule has 1 amide bonds. The molecule has 0 bridgehead atoms. The highest BCUT2D eigenvalue weighted by Gasteiger charge is 2.27. The van der Waals surface area contributed by atoms with Crippen molar-refractivity contribution in [2.45, 2.75) is 13.0 Å². The van der Waals surface area contributed by atoms with Crippen LogP contribution in [0.15, 0.2) is 16.7 Å². The monoisotopic (exact) mass is 254 g/mol. The van der Waals surface area contributed by atoms with Crippen molar-refractivity contribution in [1.29, 1.82) is 0 Å². The maximum atomic E-state index is 12.2. The zero-order valence-electron chi connectivity index (χ0n) is 9.51. The first kappa shape index (κ1) is 12.1. The van der Waals surface area contributed by atoms with Crippen molar-refractivity contribution >= 4 is 23.1 Å². The van der Waals surface area contributed by atoms with Crippen LogP contribution in [0.25, 0.3) is 0 Å². The van der Waals surface area contributed by atoms with E-state index in [2.05, 4.69) is 0 Å². The molecular formula is C11H14N2O3S. The van der Waals surface area contributed by atoms with Gasteiger partial charge in [0, 0.05) is 6.54 Å². The van der Waals surface area contributed by atoms with Gasteiger partial charge in [0.05, 0.1) is 25.0 Å². The van der Waals surface area contributed by atoms with Crippen LogP contribution in [-0.2, 0) is 4.74 Å². The lowest BCUT2D eigenvalue weighted by Crippen LogP contribution is -2.49. The average Bonchev–Trinajstić information content (AvgIpc) is 2.74. The highest BCUT2D eigenvalue weighted by Crippen LogP contribution is 2.15. The van der Waals surface area contributed by atoms with Crippen molar-refractivity contribution in [3.05, 3.63) is 23.7 Å². The molecular weight excluding hydrogens is 240 g/mol. The van der Waals surface area contributed by atoms with Crippen LogP contribution in [0.3, 0.4) is 0 Å². The fourth-order valence-electron chi connectivity index (χ4n) is 1.78. The molecule has 92 valence electrons. The van der Waals surface area contributed by atoms with E-state index in [9.17, 15) is 4.79 Å². The number of rotatable bonds is 2. The van der Waals surface area contributed by atoms with Crippen LogP contribution in [0.2, 0.25) is 0 Å². The number of hydrogen-bond donors (Lipinski definition) is 1. The largest absolute Gasteiger partial charge is 0.469 e. The second-order valence-corrected chi connectivity index (χ2v) is 4.37. The Morgan fingerprint density at radius 1 is 1.65 bits per heavy atom. The number of nitrogens with two attached hydrogens (primary N) is 1. The number of aryl methyl sites for hydroxylation is 1. The number of amides is 1. The lowest BCUT2D eigenvalue weighted by molar-refractivity contribution is 0.00870. The number of thiocarbonyl (C=S) groups is 1. The minimum atomic E-state index is -0.352. The summed E-state index contributed by atoms with van der Waals surface area (Å²) in [6.07, 6.45) is 1.16. The molecule has 2 N–H and O–H groups in total. The highest BCUT2D eigenvalue weighted by atomic mass is 32.1. The van der Waals surface area contributed by atoms with Gasteiger partial charge in [0.1, 0.15) is 16.9 Å². The van der Waals surface area contributed by atoms with E-state index in [-0.39, 0.29) is 17.0 Å². The summed E-state index contributed by atoms with van der Waals surface area (Å²) < 4.78 is 10.5. The van der Waals surface area contributed by atoms with E-state index in [0.29, 0.717) is 31.0 Å². The van der Waals surface area contributed by atoms with Gasteiger partial charge in [-0.25, -0.2) is 0 Å². The van der Waals surface area contributed by atoms with Crippen LogP contribution in [0, 0.1) is 6.92 Å². The third-order valence-corrected chi connectivity index (χ3v) is 3.02. The SMILES string of the molecule is Cc1occc1C(=O)N1CCOC(C(N)=S)C1. The number of hydrogen-bond acceptors (Lipinski definition) is 4. The van der Waals surface area contributed by atoms with Crippen molar-refractivity contribution in [3.8, 4) is 0 Å². The van der Waals surface area contributed by atoms with E-state index in [1.165, 1.54) is 6.26 Å². The molecule has 1 aromatic heterocycles. The maximum absolute atomic E-state index is 12.2. The smallest absolute Gasteiger partial charge is 0.257 e. The molecule has 1 unspecified atom stereocenters. The first-order valence-corrected chi connectivity index (χ1v) is 5.74. The number of furan rings is 1. The number of carbonyl (C=O) groups excluding carboxylic acids is 1. The van der Waals surface area contributed by atoms with Crippen molar-refractivity contribution in [2.24, 2.45) is 5.73 Å². The fraction of sp³-hybridized carbons (Fsp3) is 0.455. The predicted molar refractivity (Wildman–Crippen MR) is 65.9 cm³/mol. The number of nitrogens with zero attached hydrogens (tertiary/aromatic N) is 1. The van der Waals surface area contributed by atoms with Crippen LogP contribution in [0.1, 0.15) is 16.1 Å². The van der Waals surface area contributed by atoms with E-state index < -0.39 is 0 Å². The lowest BCUT2D eigenvalue weighted by atomic mass is 10.2. The molecule has 0 spiro atoms. The molecule has 0 radical (unpaired) electrons. The molecule has 2 heterocycles. The first-order chi connectivity index (χ1) is 8.09. The molecule has 1 fully saturated rings. The van der Waals surface area contributed by atoms with Gasteiger partial charge in [-0.3, -0.25) is 4.79 Å². The Kier molecular flexibility index (Phi) is 3.44. The highest BCUT2D eigenvalue weighted by molar-refractivity contribution is 7.80. The number of morpholine rings is 1. The molecule has 5 nitrogen and oxygen atoms in total. The summed E-state index contributed by atoms with van der Waals surface area (Å²) in [6, 6.07) is 1.67. The van der Waals surface area contributed by atoms with Gasteiger partial charge >= 0.3 is 0 Å². The predicted octanol–water partition coefficient (Wildman–Crippen LogP) is 0.715. The molecule has 0 aliphatic carbocycles. The third kappa shape index (κ3) is 2.48. The normalized spacial score (nSPS) is 20.3. The van der Waals surface area contributed by atoms with Crippen LogP contribution >= 0.6 is 12.2 Å². The lowest BCUT2D eigenvalue weighted by Gasteiger charge is -2.32. The standard InChI is InChI=1S/C11H14N2O3S/c1-7-8(2-4-15-7)11(14)13-3-5-16-9(6-13)10(12)17/h2,4,9H,3,5-6H2,1H3,(H2,12,17). The van der Waals surface area contributed by atoms with Crippen molar-refractivity contribution in [3.63, 3.8) is 0 Å². The van der Waals surface area contributed by atoms with E-state index in [1.807, 2.05) is 0 Å². The van der Waals surface area contributed by atoms with Gasteiger partial charge in [-0.1, -0.05) is 12.2 Å². The molecule has 1 aromatic rings. The van der Waals surface area contributed by atoms with E-state index in [0.717, 1.165) is 0 Å². The van der Waals surface area contributed by atoms with Crippen molar-refractivity contribution < 1.29 is 13.9 Å². The third-order valence-electron chi connectivity index (χ3n) is 2.76. The van der Waals surface area contributed by atoms with Gasteiger partial charge in [0.2, 0.25) is 0 Å². The molecule has 1 saturated heterocycles. The summed E-state index contributed by atoms with van der Waals surface area (Å²) in [5.74, 6) is 0.550. The van der Waals surface area contributed by atoms with Crippen molar-refractivity contribution in [1.82, 2.24) is 4.90 Å². The molecule has 6 heteroatoms. The Labute approximate surface area is 105 Å². The van der Waals surface area contributed by atoms with Gasteiger partial charge in [0.15, 0.2) is 0 Å². The number of carbonyl (C=O) groups is 1. The molecule has 1 aliphatic rings. The summed E-state index contributed by atoms with van der Waals surface area (Å²) in [4.78, 5) is 14.1.